The van der Waals surface area contributed by atoms with Gasteiger partial charge in [0.05, 0.1) is 0 Å². The molecule has 1 saturated heterocycles. The Morgan fingerprint density at radius 1 is 1.06 bits per heavy atom. The van der Waals surface area contributed by atoms with Gasteiger partial charge in [0.2, 0.25) is 0 Å². The van der Waals surface area contributed by atoms with E-state index in [-0.39, 0.29) is 0 Å². The molecule has 2 heterocycles. The lowest BCUT2D eigenvalue weighted by Gasteiger charge is -2.27. The zero-order valence-corrected chi connectivity index (χ0v) is 9.95. The van der Waals surface area contributed by atoms with Crippen molar-refractivity contribution in [2.24, 2.45) is 0 Å². The van der Waals surface area contributed by atoms with Crippen LogP contribution in [0.25, 0.3) is 0 Å². The van der Waals surface area contributed by atoms with Gasteiger partial charge in [-0.2, -0.15) is 0 Å². The van der Waals surface area contributed by atoms with Gasteiger partial charge in [0.15, 0.2) is 0 Å². The maximum Gasteiger partial charge on any atom is 0.131 e. The van der Waals surface area contributed by atoms with E-state index in [0.29, 0.717) is 12.1 Å². The van der Waals surface area contributed by atoms with Gasteiger partial charge in [-0.15, -0.1) is 0 Å². The molecule has 17 heavy (non-hydrogen) atoms. The van der Waals surface area contributed by atoms with Crippen LogP contribution in [0.2, 0.25) is 0 Å². The summed E-state index contributed by atoms with van der Waals surface area (Å²) >= 11 is 0. The number of nitrogens with zero attached hydrogens (tertiary/aromatic N) is 2. The lowest BCUT2D eigenvalue weighted by Crippen LogP contribution is -2.27. The molecule has 0 spiro atoms. The summed E-state index contributed by atoms with van der Waals surface area (Å²) < 4.78 is 0. The minimum absolute atomic E-state index is 0.501. The Bertz CT molecular complexity index is 371. The van der Waals surface area contributed by atoms with E-state index in [4.69, 9.17) is 0 Å². The Morgan fingerprint density at radius 2 is 1.82 bits per heavy atom. The van der Waals surface area contributed by atoms with Crippen molar-refractivity contribution in [3.63, 3.8) is 0 Å². The van der Waals surface area contributed by atoms with Crippen molar-refractivity contribution >= 4 is 11.6 Å². The van der Waals surface area contributed by atoms with Gasteiger partial charge in [-0.1, -0.05) is 0 Å². The molecular weight excluding hydrogens is 214 g/mol. The van der Waals surface area contributed by atoms with Crippen molar-refractivity contribution in [1.82, 2.24) is 15.3 Å². The van der Waals surface area contributed by atoms with E-state index in [1.54, 1.807) is 6.33 Å². The summed E-state index contributed by atoms with van der Waals surface area (Å²) in [7, 11) is 0. The second-order valence-corrected chi connectivity index (χ2v) is 4.89. The number of hydrogen-bond acceptors (Lipinski definition) is 5. The molecule has 5 heteroatoms. The maximum atomic E-state index is 4.26. The third kappa shape index (κ3) is 2.66. The normalized spacial score (nSPS) is 24.4. The Labute approximate surface area is 101 Å². The molecule has 5 nitrogen and oxygen atoms in total. The highest BCUT2D eigenvalue weighted by Crippen LogP contribution is 2.23. The van der Waals surface area contributed by atoms with Crippen LogP contribution in [0.3, 0.4) is 0 Å². The fraction of sp³-hybridized carbons (Fsp3) is 0.667. The molecule has 1 saturated carbocycles. The molecule has 2 fully saturated rings. The van der Waals surface area contributed by atoms with Crippen LogP contribution in [0, 0.1) is 0 Å². The van der Waals surface area contributed by atoms with Crippen LogP contribution >= 0.6 is 0 Å². The molecule has 1 unspecified atom stereocenters. The highest BCUT2D eigenvalue weighted by molar-refractivity contribution is 5.47. The minimum atomic E-state index is 0.501. The molecule has 92 valence electrons. The van der Waals surface area contributed by atoms with Crippen LogP contribution in [0.4, 0.5) is 11.6 Å². The van der Waals surface area contributed by atoms with Crippen LogP contribution < -0.4 is 16.0 Å². The monoisotopic (exact) mass is 233 g/mol. The zero-order valence-electron chi connectivity index (χ0n) is 9.95. The van der Waals surface area contributed by atoms with Crippen molar-refractivity contribution in [3.05, 3.63) is 12.4 Å². The summed E-state index contributed by atoms with van der Waals surface area (Å²) in [5, 5.41) is 10.2. The molecule has 1 atom stereocenters. The van der Waals surface area contributed by atoms with E-state index in [9.17, 15) is 0 Å². The molecule has 3 rings (SSSR count). The summed E-state index contributed by atoms with van der Waals surface area (Å²) in [4.78, 5) is 8.52. The fourth-order valence-corrected chi connectivity index (χ4v) is 2.26. The SMILES string of the molecule is c1nc(NC2CCC2)cc(NC2CCNC2)n1. The minimum Gasteiger partial charge on any atom is -0.367 e. The van der Waals surface area contributed by atoms with Gasteiger partial charge in [-0.25, -0.2) is 9.97 Å². The quantitative estimate of drug-likeness (QED) is 0.730. The van der Waals surface area contributed by atoms with Crippen LogP contribution in [0.15, 0.2) is 12.4 Å². The Morgan fingerprint density at radius 3 is 2.41 bits per heavy atom. The van der Waals surface area contributed by atoms with Crippen LogP contribution in [0.1, 0.15) is 25.7 Å². The molecule has 1 aliphatic heterocycles. The zero-order chi connectivity index (χ0) is 11.5. The van der Waals surface area contributed by atoms with Gasteiger partial charge in [0.25, 0.3) is 0 Å². The number of rotatable bonds is 4. The molecule has 0 bridgehead atoms. The Hall–Kier alpha value is -1.36. The molecule has 0 aromatic carbocycles. The second-order valence-electron chi connectivity index (χ2n) is 4.89. The van der Waals surface area contributed by atoms with Gasteiger partial charge in [-0.3, -0.25) is 0 Å². The smallest absolute Gasteiger partial charge is 0.131 e. The standard InChI is InChI=1S/C12H19N5/c1-2-9(3-1)16-11-6-12(15-8-14-11)17-10-4-5-13-7-10/h6,8-10,13H,1-5,7H2,(H2,14,15,16,17). The topological polar surface area (TPSA) is 61.9 Å². The molecule has 1 aromatic rings. The molecule has 2 aliphatic rings. The molecule has 1 aliphatic carbocycles. The first-order chi connectivity index (χ1) is 8.40. The summed E-state index contributed by atoms with van der Waals surface area (Å²) in [6.45, 7) is 2.12. The third-order valence-corrected chi connectivity index (χ3v) is 3.54. The van der Waals surface area contributed by atoms with Crippen LogP contribution in [-0.4, -0.2) is 35.1 Å². The lowest BCUT2D eigenvalue weighted by atomic mass is 9.93. The van der Waals surface area contributed by atoms with Crippen molar-refractivity contribution < 1.29 is 0 Å². The van der Waals surface area contributed by atoms with Crippen LogP contribution in [-0.2, 0) is 0 Å². The average molecular weight is 233 g/mol. The van der Waals surface area contributed by atoms with Crippen molar-refractivity contribution in [2.45, 2.75) is 37.8 Å². The van der Waals surface area contributed by atoms with Crippen LogP contribution in [0.5, 0.6) is 0 Å². The first-order valence-electron chi connectivity index (χ1n) is 6.46. The Kier molecular flexibility index (Phi) is 3.09. The Balaban J connectivity index is 1.61. The van der Waals surface area contributed by atoms with E-state index in [1.165, 1.54) is 19.3 Å². The first-order valence-corrected chi connectivity index (χ1v) is 6.46. The van der Waals surface area contributed by atoms with E-state index in [0.717, 1.165) is 31.1 Å². The highest BCUT2D eigenvalue weighted by Gasteiger charge is 2.18. The second kappa shape index (κ2) is 4.87. The van der Waals surface area contributed by atoms with Gasteiger partial charge in [0.1, 0.15) is 18.0 Å². The predicted octanol–water partition coefficient (Wildman–Crippen LogP) is 1.21. The van der Waals surface area contributed by atoms with Crippen molar-refractivity contribution in [1.29, 1.82) is 0 Å². The summed E-state index contributed by atoms with van der Waals surface area (Å²) in [6, 6.07) is 3.13. The fourth-order valence-electron chi connectivity index (χ4n) is 2.26. The van der Waals surface area contributed by atoms with E-state index >= 15 is 0 Å². The third-order valence-electron chi connectivity index (χ3n) is 3.54. The largest absolute Gasteiger partial charge is 0.367 e. The number of aromatic nitrogens is 2. The average Bonchev–Trinajstić information content (AvgIpc) is 2.77. The molecule has 1 aromatic heterocycles. The van der Waals surface area contributed by atoms with E-state index in [1.807, 2.05) is 6.07 Å². The predicted molar refractivity (Wildman–Crippen MR) is 68.2 cm³/mol. The maximum absolute atomic E-state index is 4.26. The molecule has 0 amide bonds. The molecule has 3 N–H and O–H groups in total. The number of nitrogens with one attached hydrogen (secondary N) is 3. The van der Waals surface area contributed by atoms with Crippen molar-refractivity contribution in [2.75, 3.05) is 23.7 Å². The highest BCUT2D eigenvalue weighted by atomic mass is 15.1. The number of hydrogen-bond donors (Lipinski definition) is 3. The molecule has 0 radical (unpaired) electrons. The van der Waals surface area contributed by atoms with Gasteiger partial charge in [0, 0.05) is 24.7 Å². The van der Waals surface area contributed by atoms with Gasteiger partial charge < -0.3 is 16.0 Å². The molecular formula is C12H19N5. The first kappa shape index (κ1) is 10.8. The van der Waals surface area contributed by atoms with Gasteiger partial charge >= 0.3 is 0 Å². The lowest BCUT2D eigenvalue weighted by molar-refractivity contribution is 0.444. The number of anilines is 2. The van der Waals surface area contributed by atoms with E-state index < -0.39 is 0 Å². The van der Waals surface area contributed by atoms with Gasteiger partial charge in [-0.05, 0) is 32.2 Å². The van der Waals surface area contributed by atoms with Crippen molar-refractivity contribution in [3.8, 4) is 0 Å². The van der Waals surface area contributed by atoms with E-state index in [2.05, 4.69) is 25.9 Å². The summed E-state index contributed by atoms with van der Waals surface area (Å²) in [6.07, 6.45) is 6.65. The summed E-state index contributed by atoms with van der Waals surface area (Å²) in [5.74, 6) is 1.87. The summed E-state index contributed by atoms with van der Waals surface area (Å²) in [5.41, 5.74) is 0.